The molecule has 0 fully saturated rings. The van der Waals surface area contributed by atoms with Crippen LogP contribution >= 0.6 is 0 Å². The molecule has 0 saturated carbocycles. The fourth-order valence-corrected chi connectivity index (χ4v) is 2.67. The van der Waals surface area contributed by atoms with Crippen molar-refractivity contribution in [2.24, 2.45) is 0 Å². The van der Waals surface area contributed by atoms with Gasteiger partial charge in [0.25, 0.3) is 5.91 Å². The van der Waals surface area contributed by atoms with Crippen molar-refractivity contribution < 1.29 is 23.3 Å². The smallest absolute Gasteiger partial charge is 0.306 e. The molecule has 0 atom stereocenters. The number of rotatable bonds is 8. The molecular formula is C20H21N3O5. The van der Waals surface area contributed by atoms with E-state index in [1.807, 2.05) is 44.2 Å². The van der Waals surface area contributed by atoms with Gasteiger partial charge in [0.1, 0.15) is 0 Å². The summed E-state index contributed by atoms with van der Waals surface area (Å²) >= 11 is 0. The molecule has 0 spiro atoms. The molecule has 0 N–H and O–H groups in total. The monoisotopic (exact) mass is 383 g/mol. The normalized spacial score (nSPS) is 10.8. The van der Waals surface area contributed by atoms with Crippen LogP contribution in [0.25, 0.3) is 11.6 Å². The molecule has 28 heavy (non-hydrogen) atoms. The molecule has 0 unspecified atom stereocenters. The van der Waals surface area contributed by atoms with Crippen LogP contribution in [0.15, 0.2) is 57.7 Å². The zero-order valence-electron chi connectivity index (χ0n) is 15.7. The van der Waals surface area contributed by atoms with Gasteiger partial charge in [-0.05, 0) is 38.1 Å². The number of furan rings is 1. The topological polar surface area (TPSA) is 98.7 Å². The van der Waals surface area contributed by atoms with Gasteiger partial charge in [0.2, 0.25) is 11.7 Å². The maximum atomic E-state index is 12.5. The minimum Gasteiger partial charge on any atom is -0.461 e. The summed E-state index contributed by atoms with van der Waals surface area (Å²) in [4.78, 5) is 30.2. The molecule has 8 nitrogen and oxygen atoms in total. The Morgan fingerprint density at radius 3 is 2.61 bits per heavy atom. The van der Waals surface area contributed by atoms with Crippen molar-refractivity contribution in [3.63, 3.8) is 0 Å². The molecule has 1 aromatic carbocycles. The lowest BCUT2D eigenvalue weighted by Gasteiger charge is -2.26. The summed E-state index contributed by atoms with van der Waals surface area (Å²) in [5, 5.41) is 3.79. The average Bonchev–Trinajstić information content (AvgIpc) is 3.37. The molecule has 0 saturated heterocycles. The van der Waals surface area contributed by atoms with Gasteiger partial charge in [-0.3, -0.25) is 9.59 Å². The Morgan fingerprint density at radius 2 is 1.93 bits per heavy atom. The number of anilines is 1. The predicted molar refractivity (Wildman–Crippen MR) is 100 cm³/mol. The largest absolute Gasteiger partial charge is 0.461 e. The summed E-state index contributed by atoms with van der Waals surface area (Å²) in [6.45, 7) is 3.48. The highest BCUT2D eigenvalue weighted by molar-refractivity contribution is 5.95. The van der Waals surface area contributed by atoms with Crippen LogP contribution in [0.3, 0.4) is 0 Å². The lowest BCUT2D eigenvalue weighted by Crippen LogP contribution is -2.39. The van der Waals surface area contributed by atoms with Gasteiger partial charge in [0.15, 0.2) is 12.4 Å². The van der Waals surface area contributed by atoms with Crippen molar-refractivity contribution >= 4 is 17.6 Å². The van der Waals surface area contributed by atoms with E-state index in [0.29, 0.717) is 17.5 Å². The minimum atomic E-state index is -0.511. The van der Waals surface area contributed by atoms with Crippen LogP contribution in [0.2, 0.25) is 0 Å². The highest BCUT2D eigenvalue weighted by atomic mass is 16.5. The van der Waals surface area contributed by atoms with Crippen molar-refractivity contribution in [1.29, 1.82) is 0 Å². The van der Waals surface area contributed by atoms with Gasteiger partial charge in [-0.1, -0.05) is 23.4 Å². The Labute approximate surface area is 162 Å². The van der Waals surface area contributed by atoms with E-state index >= 15 is 0 Å². The number of esters is 1. The lowest BCUT2D eigenvalue weighted by atomic mass is 10.2. The first kappa shape index (κ1) is 19.3. The van der Waals surface area contributed by atoms with E-state index in [1.165, 1.54) is 6.26 Å². The Kier molecular flexibility index (Phi) is 6.21. The molecule has 146 valence electrons. The molecular weight excluding hydrogens is 362 g/mol. The number of hydrogen-bond acceptors (Lipinski definition) is 7. The number of hydrogen-bond donors (Lipinski definition) is 0. The van der Waals surface area contributed by atoms with Crippen molar-refractivity contribution in [2.45, 2.75) is 32.7 Å². The molecule has 0 bridgehead atoms. The molecule has 3 rings (SSSR count). The molecule has 3 aromatic rings. The second-order valence-corrected chi connectivity index (χ2v) is 6.34. The quantitative estimate of drug-likeness (QED) is 0.551. The van der Waals surface area contributed by atoms with E-state index in [2.05, 4.69) is 10.1 Å². The second-order valence-electron chi connectivity index (χ2n) is 6.34. The van der Waals surface area contributed by atoms with Crippen LogP contribution in [0.4, 0.5) is 5.69 Å². The third-order valence-corrected chi connectivity index (χ3v) is 3.93. The van der Waals surface area contributed by atoms with Crippen molar-refractivity contribution in [3.05, 3.63) is 54.6 Å². The molecule has 2 aromatic heterocycles. The van der Waals surface area contributed by atoms with E-state index in [9.17, 15) is 9.59 Å². The van der Waals surface area contributed by atoms with Gasteiger partial charge < -0.3 is 18.6 Å². The number of aromatic nitrogens is 2. The Morgan fingerprint density at radius 1 is 1.14 bits per heavy atom. The van der Waals surface area contributed by atoms with Crippen LogP contribution < -0.4 is 4.90 Å². The van der Waals surface area contributed by atoms with E-state index < -0.39 is 5.97 Å². The average molecular weight is 383 g/mol. The molecule has 0 aliphatic heterocycles. The number of amides is 1. The SMILES string of the molecule is CC(C)N(C(=O)COC(=O)CCc1nc(-c2ccco2)no1)c1ccccc1. The highest BCUT2D eigenvalue weighted by Gasteiger charge is 2.20. The van der Waals surface area contributed by atoms with Gasteiger partial charge in [-0.15, -0.1) is 0 Å². The van der Waals surface area contributed by atoms with E-state index in [4.69, 9.17) is 13.7 Å². The number of benzene rings is 1. The molecule has 1 amide bonds. The summed E-state index contributed by atoms with van der Waals surface area (Å²) < 4.78 is 15.4. The first-order valence-corrected chi connectivity index (χ1v) is 8.94. The van der Waals surface area contributed by atoms with Gasteiger partial charge in [-0.2, -0.15) is 4.98 Å². The number of aryl methyl sites for hydroxylation is 1. The van der Waals surface area contributed by atoms with Gasteiger partial charge in [-0.25, -0.2) is 0 Å². The zero-order valence-corrected chi connectivity index (χ0v) is 15.7. The van der Waals surface area contributed by atoms with Crippen LogP contribution in [0.1, 0.15) is 26.2 Å². The minimum absolute atomic E-state index is 0.0279. The summed E-state index contributed by atoms with van der Waals surface area (Å²) in [7, 11) is 0. The zero-order chi connectivity index (χ0) is 19.9. The Hall–Kier alpha value is -3.42. The van der Waals surface area contributed by atoms with Gasteiger partial charge in [0.05, 0.1) is 12.7 Å². The molecule has 0 radical (unpaired) electrons. The Bertz CT molecular complexity index is 903. The van der Waals surface area contributed by atoms with Crippen LogP contribution in [0.5, 0.6) is 0 Å². The van der Waals surface area contributed by atoms with E-state index in [-0.39, 0.29) is 31.4 Å². The second kappa shape index (κ2) is 8.98. The summed E-state index contributed by atoms with van der Waals surface area (Å²) in [5.41, 5.74) is 0.759. The first-order chi connectivity index (χ1) is 13.5. The first-order valence-electron chi connectivity index (χ1n) is 8.94. The predicted octanol–water partition coefficient (Wildman–Crippen LogP) is 3.25. The van der Waals surface area contributed by atoms with Crippen LogP contribution in [0, 0.1) is 0 Å². The third kappa shape index (κ3) is 4.85. The molecule has 0 aliphatic carbocycles. The third-order valence-electron chi connectivity index (χ3n) is 3.93. The molecule has 8 heteroatoms. The number of nitrogens with zero attached hydrogens (tertiary/aromatic N) is 3. The number of ether oxygens (including phenoxy) is 1. The van der Waals surface area contributed by atoms with Crippen LogP contribution in [-0.4, -0.2) is 34.7 Å². The molecule has 2 heterocycles. The van der Waals surface area contributed by atoms with E-state index in [1.54, 1.807) is 17.0 Å². The summed E-state index contributed by atoms with van der Waals surface area (Å²) in [6, 6.07) is 12.6. The summed E-state index contributed by atoms with van der Waals surface area (Å²) in [5.74, 6) is 0.301. The number of para-hydroxylation sites is 1. The standard InChI is InChI=1S/C20H21N3O5/c1-14(2)23(15-7-4-3-5-8-15)18(24)13-27-19(25)11-10-17-21-20(22-28-17)16-9-6-12-26-16/h3-9,12,14H,10-11,13H2,1-2H3. The maximum absolute atomic E-state index is 12.5. The van der Waals surface area contributed by atoms with Gasteiger partial charge >= 0.3 is 5.97 Å². The fourth-order valence-electron chi connectivity index (χ4n) is 2.67. The highest BCUT2D eigenvalue weighted by Crippen LogP contribution is 2.18. The number of carbonyl (C=O) groups is 2. The fraction of sp³-hybridized carbons (Fsp3) is 0.300. The Balaban J connectivity index is 1.49. The van der Waals surface area contributed by atoms with E-state index in [0.717, 1.165) is 5.69 Å². The lowest BCUT2D eigenvalue weighted by molar-refractivity contribution is -0.148. The van der Waals surface area contributed by atoms with Crippen molar-refractivity contribution in [2.75, 3.05) is 11.5 Å². The van der Waals surface area contributed by atoms with Gasteiger partial charge in [0, 0.05) is 18.2 Å². The summed E-state index contributed by atoms with van der Waals surface area (Å²) in [6.07, 6.45) is 1.75. The van der Waals surface area contributed by atoms with Crippen molar-refractivity contribution in [3.8, 4) is 11.6 Å². The number of carbonyl (C=O) groups excluding carboxylic acids is 2. The van der Waals surface area contributed by atoms with Crippen molar-refractivity contribution in [1.82, 2.24) is 10.1 Å². The van der Waals surface area contributed by atoms with Crippen LogP contribution in [-0.2, 0) is 20.7 Å². The molecule has 0 aliphatic rings. The maximum Gasteiger partial charge on any atom is 0.306 e.